The molecule has 5 heteroatoms. The molecule has 15 heavy (non-hydrogen) atoms. The predicted molar refractivity (Wildman–Crippen MR) is 61.3 cm³/mol. The standard InChI is InChI=1S/C10H13BrN2O2/c1-6(10(12)15)13-5-7-2-3-9(14)8(11)4-7/h2-4,6,13-14H,5H2,1H3,(H2,12,15). The summed E-state index contributed by atoms with van der Waals surface area (Å²) in [6.45, 7) is 2.24. The molecule has 0 heterocycles. The van der Waals surface area contributed by atoms with E-state index >= 15 is 0 Å². The van der Waals surface area contributed by atoms with E-state index in [9.17, 15) is 9.90 Å². The molecule has 0 fully saturated rings. The molecule has 0 saturated carbocycles. The maximum absolute atomic E-state index is 10.8. The lowest BCUT2D eigenvalue weighted by molar-refractivity contribution is -0.119. The molecule has 1 rings (SSSR count). The topological polar surface area (TPSA) is 75.3 Å². The lowest BCUT2D eigenvalue weighted by Crippen LogP contribution is -2.38. The molecule has 82 valence electrons. The second-order valence-electron chi connectivity index (χ2n) is 3.29. The average molecular weight is 273 g/mol. The summed E-state index contributed by atoms with van der Waals surface area (Å²) in [5.74, 6) is -0.186. The molecule has 0 aromatic heterocycles. The van der Waals surface area contributed by atoms with Crippen LogP contribution in [0.4, 0.5) is 0 Å². The molecule has 0 saturated heterocycles. The van der Waals surface area contributed by atoms with Crippen molar-refractivity contribution in [3.63, 3.8) is 0 Å². The van der Waals surface area contributed by atoms with Gasteiger partial charge in [-0.2, -0.15) is 0 Å². The second-order valence-corrected chi connectivity index (χ2v) is 4.15. The molecule has 1 amide bonds. The Hall–Kier alpha value is -1.07. The van der Waals surface area contributed by atoms with Crippen molar-refractivity contribution < 1.29 is 9.90 Å². The van der Waals surface area contributed by atoms with Crippen LogP contribution in [0.25, 0.3) is 0 Å². The average Bonchev–Trinajstić information content (AvgIpc) is 2.19. The van der Waals surface area contributed by atoms with Gasteiger partial charge < -0.3 is 16.2 Å². The van der Waals surface area contributed by atoms with Gasteiger partial charge >= 0.3 is 0 Å². The molecule has 0 aliphatic carbocycles. The van der Waals surface area contributed by atoms with Gasteiger partial charge in [-0.3, -0.25) is 4.79 Å². The summed E-state index contributed by atoms with van der Waals surface area (Å²) in [6.07, 6.45) is 0. The van der Waals surface area contributed by atoms with E-state index in [2.05, 4.69) is 21.2 Å². The summed E-state index contributed by atoms with van der Waals surface area (Å²) in [4.78, 5) is 10.8. The number of primary amides is 1. The summed E-state index contributed by atoms with van der Waals surface area (Å²) in [7, 11) is 0. The predicted octanol–water partition coefficient (Wildman–Crippen LogP) is 1.12. The zero-order chi connectivity index (χ0) is 11.4. The van der Waals surface area contributed by atoms with Gasteiger partial charge in [0.25, 0.3) is 0 Å². The Balaban J connectivity index is 2.58. The number of phenolic OH excluding ortho intramolecular Hbond substituents is 1. The van der Waals surface area contributed by atoms with Crippen LogP contribution in [0.5, 0.6) is 5.75 Å². The monoisotopic (exact) mass is 272 g/mol. The highest BCUT2D eigenvalue weighted by Gasteiger charge is 2.07. The minimum atomic E-state index is -0.382. The quantitative estimate of drug-likeness (QED) is 0.769. The number of carbonyl (C=O) groups is 1. The summed E-state index contributed by atoms with van der Waals surface area (Å²) >= 11 is 3.21. The van der Waals surface area contributed by atoms with E-state index in [1.165, 1.54) is 0 Å². The SMILES string of the molecule is CC(NCc1ccc(O)c(Br)c1)C(N)=O. The van der Waals surface area contributed by atoms with Crippen molar-refractivity contribution in [2.45, 2.75) is 19.5 Å². The number of rotatable bonds is 4. The van der Waals surface area contributed by atoms with Crippen molar-refractivity contribution >= 4 is 21.8 Å². The summed E-state index contributed by atoms with van der Waals surface area (Å²) in [6, 6.07) is 4.80. The molecule has 0 aliphatic heterocycles. The Kier molecular flexibility index (Phi) is 4.11. The van der Waals surface area contributed by atoms with Crippen LogP contribution in [0.1, 0.15) is 12.5 Å². The Bertz CT molecular complexity index is 368. The smallest absolute Gasteiger partial charge is 0.234 e. The molecule has 1 atom stereocenters. The fraction of sp³-hybridized carbons (Fsp3) is 0.300. The largest absolute Gasteiger partial charge is 0.507 e. The van der Waals surface area contributed by atoms with Crippen LogP contribution in [-0.2, 0) is 11.3 Å². The van der Waals surface area contributed by atoms with Gasteiger partial charge in [-0.05, 0) is 40.5 Å². The van der Waals surface area contributed by atoms with E-state index in [1.807, 2.05) is 0 Å². The van der Waals surface area contributed by atoms with Crippen molar-refractivity contribution in [2.75, 3.05) is 0 Å². The molecular weight excluding hydrogens is 260 g/mol. The summed E-state index contributed by atoms with van der Waals surface area (Å²) in [5.41, 5.74) is 6.07. The van der Waals surface area contributed by atoms with E-state index in [0.717, 1.165) is 5.56 Å². The van der Waals surface area contributed by atoms with E-state index in [-0.39, 0.29) is 17.7 Å². The molecule has 4 nitrogen and oxygen atoms in total. The zero-order valence-corrected chi connectivity index (χ0v) is 9.91. The molecular formula is C10H13BrN2O2. The van der Waals surface area contributed by atoms with Gasteiger partial charge in [-0.25, -0.2) is 0 Å². The molecule has 1 unspecified atom stereocenters. The van der Waals surface area contributed by atoms with Crippen molar-refractivity contribution in [3.05, 3.63) is 28.2 Å². The Morgan fingerprint density at radius 3 is 2.87 bits per heavy atom. The van der Waals surface area contributed by atoms with Crippen LogP contribution in [-0.4, -0.2) is 17.1 Å². The molecule has 0 bridgehead atoms. The minimum Gasteiger partial charge on any atom is -0.507 e. The number of hydrogen-bond acceptors (Lipinski definition) is 3. The summed E-state index contributed by atoms with van der Waals surface area (Å²) in [5, 5.41) is 12.2. The number of halogens is 1. The second kappa shape index (κ2) is 5.14. The first-order valence-corrected chi connectivity index (χ1v) is 5.30. The van der Waals surface area contributed by atoms with Crippen LogP contribution in [0.15, 0.2) is 22.7 Å². The first kappa shape index (κ1) is 12.0. The number of hydrogen-bond donors (Lipinski definition) is 3. The Morgan fingerprint density at radius 2 is 2.33 bits per heavy atom. The summed E-state index contributed by atoms with van der Waals surface area (Å²) < 4.78 is 0.633. The first-order chi connectivity index (χ1) is 7.00. The van der Waals surface area contributed by atoms with Crippen LogP contribution in [0.2, 0.25) is 0 Å². The maximum Gasteiger partial charge on any atom is 0.234 e. The Labute approximate surface area is 96.6 Å². The lowest BCUT2D eigenvalue weighted by atomic mass is 10.2. The lowest BCUT2D eigenvalue weighted by Gasteiger charge is -2.10. The van der Waals surface area contributed by atoms with Crippen LogP contribution >= 0.6 is 15.9 Å². The number of aromatic hydroxyl groups is 1. The van der Waals surface area contributed by atoms with Gasteiger partial charge in [0, 0.05) is 6.54 Å². The fourth-order valence-corrected chi connectivity index (χ4v) is 1.46. The van der Waals surface area contributed by atoms with Crippen molar-refractivity contribution in [2.24, 2.45) is 5.73 Å². The van der Waals surface area contributed by atoms with Crippen molar-refractivity contribution in [1.82, 2.24) is 5.32 Å². The number of carbonyl (C=O) groups excluding carboxylic acids is 1. The zero-order valence-electron chi connectivity index (χ0n) is 8.33. The van der Waals surface area contributed by atoms with E-state index in [4.69, 9.17) is 5.73 Å². The third kappa shape index (κ3) is 3.53. The highest BCUT2D eigenvalue weighted by Crippen LogP contribution is 2.24. The highest BCUT2D eigenvalue weighted by atomic mass is 79.9. The molecule has 1 aromatic carbocycles. The van der Waals surface area contributed by atoms with Crippen molar-refractivity contribution in [1.29, 1.82) is 0 Å². The van der Waals surface area contributed by atoms with Gasteiger partial charge in [-0.1, -0.05) is 6.07 Å². The molecule has 4 N–H and O–H groups in total. The number of phenols is 1. The molecule has 0 radical (unpaired) electrons. The number of nitrogens with one attached hydrogen (secondary N) is 1. The molecule has 0 aliphatic rings. The van der Waals surface area contributed by atoms with Gasteiger partial charge in [-0.15, -0.1) is 0 Å². The van der Waals surface area contributed by atoms with E-state index in [0.29, 0.717) is 11.0 Å². The third-order valence-electron chi connectivity index (χ3n) is 2.05. The Morgan fingerprint density at radius 1 is 1.67 bits per heavy atom. The van der Waals surface area contributed by atoms with E-state index in [1.54, 1.807) is 25.1 Å². The van der Waals surface area contributed by atoms with Crippen LogP contribution < -0.4 is 11.1 Å². The minimum absolute atomic E-state index is 0.196. The van der Waals surface area contributed by atoms with E-state index < -0.39 is 0 Å². The number of nitrogens with two attached hydrogens (primary N) is 1. The van der Waals surface area contributed by atoms with Crippen LogP contribution in [0.3, 0.4) is 0 Å². The van der Waals surface area contributed by atoms with Gasteiger partial charge in [0.1, 0.15) is 5.75 Å². The molecule has 0 spiro atoms. The van der Waals surface area contributed by atoms with Gasteiger partial charge in [0.15, 0.2) is 0 Å². The highest BCUT2D eigenvalue weighted by molar-refractivity contribution is 9.10. The molecule has 1 aromatic rings. The maximum atomic E-state index is 10.8. The normalized spacial score (nSPS) is 12.4. The third-order valence-corrected chi connectivity index (χ3v) is 2.69. The van der Waals surface area contributed by atoms with Crippen LogP contribution in [0, 0.1) is 0 Å². The van der Waals surface area contributed by atoms with Gasteiger partial charge in [0.2, 0.25) is 5.91 Å². The number of benzene rings is 1. The number of amides is 1. The van der Waals surface area contributed by atoms with Crippen molar-refractivity contribution in [3.8, 4) is 5.75 Å². The fourth-order valence-electron chi connectivity index (χ4n) is 1.03. The first-order valence-electron chi connectivity index (χ1n) is 4.51. The van der Waals surface area contributed by atoms with Gasteiger partial charge in [0.05, 0.1) is 10.5 Å².